The molecule has 25 heavy (non-hydrogen) atoms. The number of carbonyl (C=O) groups excluding carboxylic acids is 1. The minimum Gasteiger partial charge on any atom is -0.352 e. The number of aromatic nitrogens is 4. The van der Waals surface area contributed by atoms with Gasteiger partial charge in [0.1, 0.15) is 6.54 Å². The van der Waals surface area contributed by atoms with Crippen molar-refractivity contribution in [2.75, 3.05) is 0 Å². The van der Waals surface area contributed by atoms with E-state index in [4.69, 9.17) is 0 Å². The molecule has 0 radical (unpaired) electrons. The van der Waals surface area contributed by atoms with E-state index in [-0.39, 0.29) is 24.1 Å². The van der Waals surface area contributed by atoms with E-state index in [0.29, 0.717) is 5.69 Å². The Morgan fingerprint density at radius 1 is 1.20 bits per heavy atom. The van der Waals surface area contributed by atoms with Crippen LogP contribution in [-0.2, 0) is 18.4 Å². The Hall–Kier alpha value is -2.44. The molecule has 2 aromatic heterocycles. The predicted octanol–water partition coefficient (Wildman–Crippen LogP) is 1.71. The van der Waals surface area contributed by atoms with Crippen molar-refractivity contribution in [2.24, 2.45) is 7.05 Å². The predicted molar refractivity (Wildman–Crippen MR) is 95.2 cm³/mol. The number of carbonyl (C=O) groups is 1. The molecule has 1 saturated carbocycles. The second-order valence-electron chi connectivity index (χ2n) is 6.79. The Morgan fingerprint density at radius 2 is 1.92 bits per heavy atom. The highest BCUT2D eigenvalue weighted by atomic mass is 16.2. The Bertz CT molecular complexity index is 830. The summed E-state index contributed by atoms with van der Waals surface area (Å²) >= 11 is 0. The summed E-state index contributed by atoms with van der Waals surface area (Å²) in [7, 11) is 1.87. The molecule has 7 heteroatoms. The molecule has 2 aromatic rings. The van der Waals surface area contributed by atoms with Crippen molar-refractivity contribution in [3.8, 4) is 11.3 Å². The second kappa shape index (κ2) is 7.21. The lowest BCUT2D eigenvalue weighted by atomic mass is 9.95. The van der Waals surface area contributed by atoms with Crippen LogP contribution in [0, 0.1) is 13.8 Å². The first-order valence-electron chi connectivity index (χ1n) is 8.84. The third-order valence-electron chi connectivity index (χ3n) is 4.90. The van der Waals surface area contributed by atoms with Crippen LogP contribution < -0.4 is 10.9 Å². The van der Waals surface area contributed by atoms with Crippen molar-refractivity contribution >= 4 is 5.91 Å². The van der Waals surface area contributed by atoms with Gasteiger partial charge in [-0.1, -0.05) is 19.3 Å². The van der Waals surface area contributed by atoms with Crippen LogP contribution in [0.4, 0.5) is 0 Å². The van der Waals surface area contributed by atoms with Crippen LogP contribution in [0.1, 0.15) is 43.5 Å². The summed E-state index contributed by atoms with van der Waals surface area (Å²) in [5.74, 6) is -0.154. The standard InChI is InChI=1S/C18H25N5O2/c1-12-18(13(2)22(3)20-12)15-9-10-17(25)23(21-15)11-16(24)19-14-7-5-4-6-8-14/h9-10,14H,4-8,11H2,1-3H3,(H,19,24). The van der Waals surface area contributed by atoms with Gasteiger partial charge in [0, 0.05) is 30.4 Å². The zero-order valence-corrected chi connectivity index (χ0v) is 15.1. The molecule has 1 amide bonds. The molecule has 1 aliphatic carbocycles. The van der Waals surface area contributed by atoms with E-state index in [0.717, 1.165) is 42.6 Å². The number of aryl methyl sites for hydroxylation is 2. The zero-order valence-electron chi connectivity index (χ0n) is 15.1. The SMILES string of the molecule is Cc1nn(C)c(C)c1-c1ccc(=O)n(CC(=O)NC2CCCCC2)n1. The summed E-state index contributed by atoms with van der Waals surface area (Å²) in [5, 5.41) is 11.8. The first-order chi connectivity index (χ1) is 12.0. The van der Waals surface area contributed by atoms with Gasteiger partial charge in [-0.15, -0.1) is 0 Å². The lowest BCUT2D eigenvalue weighted by Crippen LogP contribution is -2.40. The molecule has 2 heterocycles. The van der Waals surface area contributed by atoms with E-state index >= 15 is 0 Å². The van der Waals surface area contributed by atoms with Crippen molar-refractivity contribution in [3.05, 3.63) is 33.9 Å². The second-order valence-corrected chi connectivity index (χ2v) is 6.79. The van der Waals surface area contributed by atoms with Crippen LogP contribution in [0.25, 0.3) is 11.3 Å². The number of amides is 1. The van der Waals surface area contributed by atoms with Gasteiger partial charge in [-0.3, -0.25) is 14.3 Å². The van der Waals surface area contributed by atoms with Gasteiger partial charge in [-0.2, -0.15) is 10.2 Å². The molecule has 0 spiro atoms. The fourth-order valence-corrected chi connectivity index (χ4v) is 3.50. The summed E-state index contributed by atoms with van der Waals surface area (Å²) in [6.45, 7) is 3.82. The molecule has 0 bridgehead atoms. The van der Waals surface area contributed by atoms with Gasteiger partial charge in [0.25, 0.3) is 5.56 Å². The largest absolute Gasteiger partial charge is 0.352 e. The maximum Gasteiger partial charge on any atom is 0.267 e. The van der Waals surface area contributed by atoms with Gasteiger partial charge in [0.15, 0.2) is 0 Å². The summed E-state index contributed by atoms with van der Waals surface area (Å²) in [4.78, 5) is 24.4. The molecule has 1 aliphatic rings. The molecule has 1 fully saturated rings. The molecule has 134 valence electrons. The van der Waals surface area contributed by atoms with Crippen LogP contribution in [0.2, 0.25) is 0 Å². The quantitative estimate of drug-likeness (QED) is 0.916. The molecule has 1 N–H and O–H groups in total. The van der Waals surface area contributed by atoms with Gasteiger partial charge < -0.3 is 5.32 Å². The molecule has 0 saturated heterocycles. The highest BCUT2D eigenvalue weighted by Crippen LogP contribution is 2.23. The maximum absolute atomic E-state index is 12.3. The normalized spacial score (nSPS) is 15.3. The molecule has 3 rings (SSSR count). The molecule has 0 aromatic carbocycles. The minimum atomic E-state index is -0.276. The monoisotopic (exact) mass is 343 g/mol. The highest BCUT2D eigenvalue weighted by molar-refractivity contribution is 5.76. The van der Waals surface area contributed by atoms with Gasteiger partial charge in [0.05, 0.1) is 11.4 Å². The molecule has 7 nitrogen and oxygen atoms in total. The van der Waals surface area contributed by atoms with E-state index < -0.39 is 0 Å². The van der Waals surface area contributed by atoms with E-state index in [1.54, 1.807) is 10.7 Å². The number of hydrogen-bond donors (Lipinski definition) is 1. The molecule has 0 atom stereocenters. The fraction of sp³-hybridized carbons (Fsp3) is 0.556. The Kier molecular flexibility index (Phi) is 5.01. The van der Waals surface area contributed by atoms with Crippen LogP contribution in [0.15, 0.2) is 16.9 Å². The summed E-state index contributed by atoms with van der Waals surface area (Å²) < 4.78 is 3.02. The zero-order chi connectivity index (χ0) is 18.0. The van der Waals surface area contributed by atoms with Crippen LogP contribution in [0.3, 0.4) is 0 Å². The Morgan fingerprint density at radius 3 is 2.56 bits per heavy atom. The Balaban J connectivity index is 1.80. The summed E-state index contributed by atoms with van der Waals surface area (Å²) in [5.41, 5.74) is 3.12. The van der Waals surface area contributed by atoms with E-state index in [9.17, 15) is 9.59 Å². The molecular weight excluding hydrogens is 318 g/mol. The van der Waals surface area contributed by atoms with Crippen molar-refractivity contribution in [1.29, 1.82) is 0 Å². The number of hydrogen-bond acceptors (Lipinski definition) is 4. The first kappa shape index (κ1) is 17.4. The fourth-order valence-electron chi connectivity index (χ4n) is 3.50. The number of nitrogens with one attached hydrogen (secondary N) is 1. The van der Waals surface area contributed by atoms with Crippen molar-refractivity contribution in [1.82, 2.24) is 24.9 Å². The summed E-state index contributed by atoms with van der Waals surface area (Å²) in [6, 6.07) is 3.37. The molecule has 0 aliphatic heterocycles. The average Bonchev–Trinajstić information content (AvgIpc) is 2.83. The van der Waals surface area contributed by atoms with Gasteiger partial charge >= 0.3 is 0 Å². The smallest absolute Gasteiger partial charge is 0.267 e. The van der Waals surface area contributed by atoms with Crippen molar-refractivity contribution in [3.63, 3.8) is 0 Å². The summed E-state index contributed by atoms with van der Waals surface area (Å²) in [6.07, 6.45) is 5.57. The first-order valence-corrected chi connectivity index (χ1v) is 8.84. The average molecular weight is 343 g/mol. The van der Waals surface area contributed by atoms with Gasteiger partial charge in [0.2, 0.25) is 5.91 Å². The van der Waals surface area contributed by atoms with E-state index in [1.807, 2.05) is 20.9 Å². The minimum absolute atomic E-state index is 0.0540. The van der Waals surface area contributed by atoms with Crippen molar-refractivity contribution < 1.29 is 4.79 Å². The number of rotatable bonds is 4. The van der Waals surface area contributed by atoms with E-state index in [2.05, 4.69) is 15.5 Å². The van der Waals surface area contributed by atoms with E-state index in [1.165, 1.54) is 17.2 Å². The Labute approximate surface area is 147 Å². The third kappa shape index (κ3) is 3.81. The van der Waals surface area contributed by atoms with Crippen molar-refractivity contribution in [2.45, 2.75) is 58.5 Å². The topological polar surface area (TPSA) is 81.8 Å². The highest BCUT2D eigenvalue weighted by Gasteiger charge is 2.18. The van der Waals surface area contributed by atoms with Crippen LogP contribution in [-0.4, -0.2) is 31.5 Å². The van der Waals surface area contributed by atoms with Gasteiger partial charge in [-0.05, 0) is 32.8 Å². The lowest BCUT2D eigenvalue weighted by Gasteiger charge is -2.22. The molecular formula is C18H25N5O2. The van der Waals surface area contributed by atoms with Crippen LogP contribution >= 0.6 is 0 Å². The lowest BCUT2D eigenvalue weighted by molar-refractivity contribution is -0.122. The van der Waals surface area contributed by atoms with Crippen LogP contribution in [0.5, 0.6) is 0 Å². The maximum atomic E-state index is 12.3. The molecule has 0 unspecified atom stereocenters. The van der Waals surface area contributed by atoms with Gasteiger partial charge in [-0.25, -0.2) is 4.68 Å². The third-order valence-corrected chi connectivity index (χ3v) is 4.90. The number of nitrogens with zero attached hydrogens (tertiary/aromatic N) is 4.